The van der Waals surface area contributed by atoms with E-state index in [9.17, 15) is 0 Å². The minimum absolute atomic E-state index is 0.475. The zero-order valence-corrected chi connectivity index (χ0v) is 5.73. The Morgan fingerprint density at radius 2 is 2.09 bits per heavy atom. The van der Waals surface area contributed by atoms with E-state index in [0.29, 0.717) is 11.3 Å². The van der Waals surface area contributed by atoms with Crippen LogP contribution in [-0.2, 0) is 0 Å². The maximum Gasteiger partial charge on any atom is 0.162 e. The number of nitrogens with zero attached hydrogens (tertiary/aromatic N) is 3. The molecule has 0 saturated carbocycles. The SMILES string of the molecule is [CH]c1ncnc2ncccc12. The summed E-state index contributed by atoms with van der Waals surface area (Å²) in [6.07, 6.45) is 3.08. The normalized spacial score (nSPS) is 10.3. The van der Waals surface area contributed by atoms with Gasteiger partial charge < -0.3 is 0 Å². The standard InChI is InChI=1S/C8H5N3/c1-6-7-3-2-4-9-8(7)11-5-10-6/h1-5H. The van der Waals surface area contributed by atoms with Crippen molar-refractivity contribution >= 4 is 11.0 Å². The number of pyridine rings is 1. The maximum atomic E-state index is 5.57. The highest BCUT2D eigenvalue weighted by Crippen LogP contribution is 2.08. The Kier molecular flexibility index (Phi) is 1.28. The van der Waals surface area contributed by atoms with Crippen LogP contribution in [0.15, 0.2) is 24.7 Å². The molecule has 2 radical (unpaired) electrons. The van der Waals surface area contributed by atoms with Gasteiger partial charge in [-0.2, -0.15) is 0 Å². The van der Waals surface area contributed by atoms with Crippen molar-refractivity contribution in [3.8, 4) is 0 Å². The van der Waals surface area contributed by atoms with E-state index >= 15 is 0 Å². The quantitative estimate of drug-likeness (QED) is 0.554. The van der Waals surface area contributed by atoms with Gasteiger partial charge in [0.05, 0.1) is 5.69 Å². The predicted molar refractivity (Wildman–Crippen MR) is 40.7 cm³/mol. The lowest BCUT2D eigenvalue weighted by Crippen LogP contribution is -1.88. The smallest absolute Gasteiger partial charge is 0.162 e. The van der Waals surface area contributed by atoms with Crippen molar-refractivity contribution in [3.05, 3.63) is 37.3 Å². The lowest BCUT2D eigenvalue weighted by Gasteiger charge is -1.95. The van der Waals surface area contributed by atoms with E-state index in [4.69, 9.17) is 6.92 Å². The van der Waals surface area contributed by atoms with Crippen molar-refractivity contribution in [2.45, 2.75) is 0 Å². The highest BCUT2D eigenvalue weighted by Gasteiger charge is 1.96. The summed E-state index contributed by atoms with van der Waals surface area (Å²) < 4.78 is 0. The minimum Gasteiger partial charge on any atom is -0.240 e. The first-order valence-corrected chi connectivity index (χ1v) is 3.19. The van der Waals surface area contributed by atoms with Gasteiger partial charge in [-0.3, -0.25) is 0 Å². The summed E-state index contributed by atoms with van der Waals surface area (Å²) in [5, 5.41) is 0.801. The first kappa shape index (κ1) is 6.22. The van der Waals surface area contributed by atoms with E-state index in [1.54, 1.807) is 6.20 Å². The van der Waals surface area contributed by atoms with Crippen molar-refractivity contribution < 1.29 is 0 Å². The summed E-state index contributed by atoms with van der Waals surface area (Å²) in [6, 6.07) is 3.65. The Labute approximate surface area is 64.1 Å². The molecule has 2 rings (SSSR count). The van der Waals surface area contributed by atoms with E-state index in [1.165, 1.54) is 6.33 Å². The molecule has 0 bridgehead atoms. The number of rotatable bonds is 0. The topological polar surface area (TPSA) is 38.7 Å². The second-order valence-corrected chi connectivity index (χ2v) is 2.13. The van der Waals surface area contributed by atoms with Gasteiger partial charge in [-0.25, -0.2) is 15.0 Å². The second kappa shape index (κ2) is 2.27. The fraction of sp³-hybridized carbons (Fsp3) is 0. The van der Waals surface area contributed by atoms with Crippen molar-refractivity contribution in [1.29, 1.82) is 0 Å². The Morgan fingerprint density at radius 1 is 1.18 bits per heavy atom. The van der Waals surface area contributed by atoms with E-state index in [2.05, 4.69) is 15.0 Å². The van der Waals surface area contributed by atoms with Crippen LogP contribution in [0.2, 0.25) is 0 Å². The molecule has 0 atom stereocenters. The molecule has 2 aromatic rings. The molecule has 0 spiro atoms. The predicted octanol–water partition coefficient (Wildman–Crippen LogP) is 1.08. The summed E-state index contributed by atoms with van der Waals surface area (Å²) in [5.41, 5.74) is 1.11. The molecule has 0 N–H and O–H groups in total. The van der Waals surface area contributed by atoms with Crippen LogP contribution in [0.4, 0.5) is 0 Å². The molecule has 0 aliphatic heterocycles. The van der Waals surface area contributed by atoms with Gasteiger partial charge in [0.15, 0.2) is 5.65 Å². The minimum atomic E-state index is 0.475. The number of hydrogen-bond donors (Lipinski definition) is 0. The first-order chi connectivity index (χ1) is 5.38. The zero-order valence-electron chi connectivity index (χ0n) is 5.73. The van der Waals surface area contributed by atoms with Crippen LogP contribution in [0, 0.1) is 6.92 Å². The second-order valence-electron chi connectivity index (χ2n) is 2.13. The molecule has 3 heteroatoms. The number of aromatic nitrogens is 3. The van der Waals surface area contributed by atoms with E-state index < -0.39 is 0 Å². The van der Waals surface area contributed by atoms with Crippen LogP contribution < -0.4 is 0 Å². The summed E-state index contributed by atoms with van der Waals surface area (Å²) in [6.45, 7) is 5.57. The molecule has 0 fully saturated rings. The fourth-order valence-corrected chi connectivity index (χ4v) is 0.915. The highest BCUT2D eigenvalue weighted by molar-refractivity contribution is 5.77. The summed E-state index contributed by atoms with van der Waals surface area (Å²) in [7, 11) is 0. The van der Waals surface area contributed by atoms with Gasteiger partial charge >= 0.3 is 0 Å². The van der Waals surface area contributed by atoms with E-state index in [1.807, 2.05) is 12.1 Å². The van der Waals surface area contributed by atoms with Crippen LogP contribution >= 0.6 is 0 Å². The van der Waals surface area contributed by atoms with Gasteiger partial charge in [0, 0.05) is 18.5 Å². The van der Waals surface area contributed by atoms with Gasteiger partial charge in [-0.05, 0) is 12.1 Å². The Bertz CT molecular complexity index is 378. The third kappa shape index (κ3) is 0.941. The molecule has 0 saturated heterocycles. The largest absolute Gasteiger partial charge is 0.240 e. The van der Waals surface area contributed by atoms with Crippen LogP contribution in [0.1, 0.15) is 5.69 Å². The lowest BCUT2D eigenvalue weighted by atomic mass is 10.3. The fourth-order valence-electron chi connectivity index (χ4n) is 0.915. The van der Waals surface area contributed by atoms with Crippen molar-refractivity contribution in [2.75, 3.05) is 0 Å². The average molecular weight is 143 g/mol. The molecule has 52 valence electrons. The Morgan fingerprint density at radius 3 is 2.91 bits per heavy atom. The number of hydrogen-bond acceptors (Lipinski definition) is 3. The van der Waals surface area contributed by atoms with Gasteiger partial charge in [0.1, 0.15) is 6.33 Å². The highest BCUT2D eigenvalue weighted by atomic mass is 14.9. The number of fused-ring (bicyclic) bond motifs is 1. The molecule has 11 heavy (non-hydrogen) atoms. The molecule has 2 heterocycles. The molecular weight excluding hydrogens is 138 g/mol. The first-order valence-electron chi connectivity index (χ1n) is 3.19. The zero-order chi connectivity index (χ0) is 7.68. The van der Waals surface area contributed by atoms with Gasteiger partial charge in [0.25, 0.3) is 0 Å². The molecule has 0 aromatic carbocycles. The lowest BCUT2D eigenvalue weighted by molar-refractivity contribution is 1.16. The van der Waals surface area contributed by atoms with Gasteiger partial charge in [-0.1, -0.05) is 0 Å². The van der Waals surface area contributed by atoms with Gasteiger partial charge in [0.2, 0.25) is 0 Å². The van der Waals surface area contributed by atoms with Crippen LogP contribution in [0.25, 0.3) is 11.0 Å². The van der Waals surface area contributed by atoms with Gasteiger partial charge in [-0.15, -0.1) is 0 Å². The van der Waals surface area contributed by atoms with Crippen molar-refractivity contribution in [2.24, 2.45) is 0 Å². The van der Waals surface area contributed by atoms with Crippen LogP contribution in [0.5, 0.6) is 0 Å². The third-order valence-electron chi connectivity index (χ3n) is 1.44. The molecule has 0 unspecified atom stereocenters. The van der Waals surface area contributed by atoms with Crippen molar-refractivity contribution in [3.63, 3.8) is 0 Å². The van der Waals surface area contributed by atoms with E-state index in [-0.39, 0.29) is 0 Å². The van der Waals surface area contributed by atoms with Crippen molar-refractivity contribution in [1.82, 2.24) is 15.0 Å². The van der Waals surface area contributed by atoms with Crippen LogP contribution in [0.3, 0.4) is 0 Å². The van der Waals surface area contributed by atoms with E-state index in [0.717, 1.165) is 5.39 Å². The summed E-state index contributed by atoms with van der Waals surface area (Å²) in [4.78, 5) is 11.8. The Hall–Kier alpha value is -1.51. The summed E-state index contributed by atoms with van der Waals surface area (Å²) in [5.74, 6) is 0. The summed E-state index contributed by atoms with van der Waals surface area (Å²) >= 11 is 0. The molecule has 0 aliphatic rings. The monoisotopic (exact) mass is 143 g/mol. The molecular formula is C8H5N3. The average Bonchev–Trinajstić information content (AvgIpc) is 2.06. The molecule has 3 nitrogen and oxygen atoms in total. The third-order valence-corrected chi connectivity index (χ3v) is 1.44. The maximum absolute atomic E-state index is 5.57. The Balaban J connectivity index is 2.91. The molecule has 0 aliphatic carbocycles. The molecule has 2 aromatic heterocycles. The van der Waals surface area contributed by atoms with Crippen LogP contribution in [-0.4, -0.2) is 15.0 Å². The molecule has 0 amide bonds.